The van der Waals surface area contributed by atoms with E-state index in [-0.39, 0.29) is 11.7 Å². The number of Topliss-reactive ketones (excluding diaryl/α,β-unsaturated/α-hetero) is 1. The van der Waals surface area contributed by atoms with Crippen molar-refractivity contribution in [2.75, 3.05) is 33.0 Å². The van der Waals surface area contributed by atoms with Gasteiger partial charge in [-0.15, -0.1) is 0 Å². The van der Waals surface area contributed by atoms with Crippen LogP contribution in [0.15, 0.2) is 0 Å². The third-order valence-corrected chi connectivity index (χ3v) is 3.32. The molecule has 0 aliphatic rings. The fourth-order valence-electron chi connectivity index (χ4n) is 1.94. The van der Waals surface area contributed by atoms with E-state index in [0.717, 1.165) is 39.1 Å². The van der Waals surface area contributed by atoms with Crippen molar-refractivity contribution in [1.29, 1.82) is 0 Å². The van der Waals surface area contributed by atoms with E-state index in [1.54, 1.807) is 0 Å². The number of ketones is 1. The molecule has 0 unspecified atom stereocenters. The Morgan fingerprint density at radius 1 is 0.913 bits per heavy atom. The van der Waals surface area contributed by atoms with Crippen molar-refractivity contribution in [2.24, 2.45) is 5.92 Å². The lowest BCUT2D eigenvalue weighted by atomic mass is 10.1. The van der Waals surface area contributed by atoms with Gasteiger partial charge >= 0.3 is 0 Å². The van der Waals surface area contributed by atoms with Crippen molar-refractivity contribution in [2.45, 2.75) is 65.7 Å². The number of amides is 1. The molecule has 0 atom stereocenters. The maximum Gasteiger partial charge on any atom is 0.220 e. The quantitative estimate of drug-likeness (QED) is 0.442. The normalized spacial score (nSPS) is 11.0. The van der Waals surface area contributed by atoms with Gasteiger partial charge < -0.3 is 14.8 Å². The SMILES string of the molecule is CCC(=O)CCCC(=O)NCCCOCCCCOCC(C)C. The van der Waals surface area contributed by atoms with E-state index in [0.29, 0.717) is 44.8 Å². The second-order valence-corrected chi connectivity index (χ2v) is 6.24. The van der Waals surface area contributed by atoms with Crippen molar-refractivity contribution >= 4 is 11.7 Å². The number of hydrogen-bond donors (Lipinski definition) is 1. The van der Waals surface area contributed by atoms with Crippen molar-refractivity contribution in [1.82, 2.24) is 5.32 Å². The Labute approximate surface area is 141 Å². The second-order valence-electron chi connectivity index (χ2n) is 6.24. The van der Waals surface area contributed by atoms with Gasteiger partial charge in [0.05, 0.1) is 0 Å². The topological polar surface area (TPSA) is 64.6 Å². The zero-order valence-corrected chi connectivity index (χ0v) is 15.2. The molecule has 0 bridgehead atoms. The third kappa shape index (κ3) is 17.2. The van der Waals surface area contributed by atoms with Crippen molar-refractivity contribution < 1.29 is 19.1 Å². The number of rotatable bonds is 16. The Morgan fingerprint density at radius 2 is 1.57 bits per heavy atom. The molecule has 1 amide bonds. The molecule has 0 saturated carbocycles. The van der Waals surface area contributed by atoms with Gasteiger partial charge in [0.1, 0.15) is 5.78 Å². The monoisotopic (exact) mass is 329 g/mol. The Hall–Kier alpha value is -0.940. The predicted octanol–water partition coefficient (Wildman–Crippen LogP) is 3.11. The minimum Gasteiger partial charge on any atom is -0.381 e. The van der Waals surface area contributed by atoms with Gasteiger partial charge in [0.15, 0.2) is 0 Å². The van der Waals surface area contributed by atoms with Gasteiger partial charge in [-0.25, -0.2) is 0 Å². The summed E-state index contributed by atoms with van der Waals surface area (Å²) in [5.74, 6) is 0.839. The maximum atomic E-state index is 11.5. The minimum absolute atomic E-state index is 0.0243. The molecule has 0 heterocycles. The largest absolute Gasteiger partial charge is 0.381 e. The molecule has 0 radical (unpaired) electrons. The van der Waals surface area contributed by atoms with E-state index in [2.05, 4.69) is 19.2 Å². The molecule has 0 aliphatic heterocycles. The number of carbonyl (C=O) groups excluding carboxylic acids is 2. The molecule has 0 fully saturated rings. The van der Waals surface area contributed by atoms with Gasteiger partial charge in [0.2, 0.25) is 5.91 Å². The average molecular weight is 329 g/mol. The van der Waals surface area contributed by atoms with Gasteiger partial charge in [0.25, 0.3) is 0 Å². The summed E-state index contributed by atoms with van der Waals surface area (Å²) in [6.07, 6.45) is 5.01. The molecule has 0 aromatic heterocycles. The Balaban J connectivity index is 3.20. The predicted molar refractivity (Wildman–Crippen MR) is 92.5 cm³/mol. The van der Waals surface area contributed by atoms with Crippen LogP contribution in [0.5, 0.6) is 0 Å². The third-order valence-electron chi connectivity index (χ3n) is 3.32. The molecule has 0 saturated heterocycles. The molecule has 0 spiro atoms. The first-order valence-electron chi connectivity index (χ1n) is 9.00. The van der Waals surface area contributed by atoms with Gasteiger partial charge in [-0.05, 0) is 31.6 Å². The average Bonchev–Trinajstić information content (AvgIpc) is 2.52. The highest BCUT2D eigenvalue weighted by Gasteiger charge is 2.03. The molecule has 5 heteroatoms. The van der Waals surface area contributed by atoms with Crippen LogP contribution in [-0.2, 0) is 19.1 Å². The number of ether oxygens (including phenoxy) is 2. The first kappa shape index (κ1) is 22.1. The van der Waals surface area contributed by atoms with Crippen LogP contribution in [0.1, 0.15) is 65.7 Å². The number of carbonyl (C=O) groups is 2. The molecule has 136 valence electrons. The van der Waals surface area contributed by atoms with Crippen LogP contribution in [0.4, 0.5) is 0 Å². The fourth-order valence-corrected chi connectivity index (χ4v) is 1.94. The van der Waals surface area contributed by atoms with Crippen molar-refractivity contribution in [3.8, 4) is 0 Å². The first-order valence-corrected chi connectivity index (χ1v) is 9.00. The molecule has 23 heavy (non-hydrogen) atoms. The van der Waals surface area contributed by atoms with E-state index >= 15 is 0 Å². The van der Waals surface area contributed by atoms with Crippen LogP contribution in [0.3, 0.4) is 0 Å². The van der Waals surface area contributed by atoms with E-state index in [1.807, 2.05) is 6.92 Å². The van der Waals surface area contributed by atoms with Crippen LogP contribution in [0.2, 0.25) is 0 Å². The van der Waals surface area contributed by atoms with Crippen molar-refractivity contribution in [3.05, 3.63) is 0 Å². The summed E-state index contributed by atoms with van der Waals surface area (Å²) in [5, 5.41) is 2.85. The zero-order chi connectivity index (χ0) is 17.3. The van der Waals surface area contributed by atoms with Crippen LogP contribution in [0.25, 0.3) is 0 Å². The first-order chi connectivity index (χ1) is 11.1. The number of unbranched alkanes of at least 4 members (excludes halogenated alkanes) is 1. The van der Waals surface area contributed by atoms with Crippen molar-refractivity contribution in [3.63, 3.8) is 0 Å². The molecular weight excluding hydrogens is 294 g/mol. The number of hydrogen-bond acceptors (Lipinski definition) is 4. The molecule has 0 rings (SSSR count). The highest BCUT2D eigenvalue weighted by Crippen LogP contribution is 1.99. The molecule has 5 nitrogen and oxygen atoms in total. The van der Waals surface area contributed by atoms with E-state index < -0.39 is 0 Å². The van der Waals surface area contributed by atoms with Crippen LogP contribution < -0.4 is 5.32 Å². The Kier molecular flexibility index (Phi) is 15.3. The number of nitrogens with one attached hydrogen (secondary N) is 1. The van der Waals surface area contributed by atoms with Gasteiger partial charge in [-0.2, -0.15) is 0 Å². The summed E-state index contributed by atoms with van der Waals surface area (Å²) < 4.78 is 11.0. The van der Waals surface area contributed by atoms with Gasteiger partial charge in [-0.3, -0.25) is 9.59 Å². The lowest BCUT2D eigenvalue weighted by Gasteiger charge is -2.08. The lowest BCUT2D eigenvalue weighted by Crippen LogP contribution is -2.25. The van der Waals surface area contributed by atoms with Crippen LogP contribution in [-0.4, -0.2) is 44.7 Å². The smallest absolute Gasteiger partial charge is 0.220 e. The highest BCUT2D eigenvalue weighted by atomic mass is 16.5. The molecule has 0 aromatic rings. The van der Waals surface area contributed by atoms with E-state index in [9.17, 15) is 9.59 Å². The summed E-state index contributed by atoms with van der Waals surface area (Å²) in [5.41, 5.74) is 0. The minimum atomic E-state index is 0.0243. The fraction of sp³-hybridized carbons (Fsp3) is 0.889. The Bertz CT molecular complexity index is 305. The molecular formula is C18H35NO4. The van der Waals surface area contributed by atoms with Crippen LogP contribution in [0, 0.1) is 5.92 Å². The standard InChI is InChI=1S/C18H35NO4/c1-4-17(20)9-7-10-18(21)19-11-8-14-22-12-5-6-13-23-15-16(2)3/h16H,4-15H2,1-3H3,(H,19,21). The van der Waals surface area contributed by atoms with Gasteiger partial charge in [-0.1, -0.05) is 20.8 Å². The van der Waals surface area contributed by atoms with Gasteiger partial charge in [0, 0.05) is 52.2 Å². The molecule has 0 aliphatic carbocycles. The molecule has 0 aromatic carbocycles. The maximum absolute atomic E-state index is 11.5. The summed E-state index contributed by atoms with van der Waals surface area (Å²) in [6.45, 7) is 9.82. The molecule has 1 N–H and O–H groups in total. The van der Waals surface area contributed by atoms with E-state index in [4.69, 9.17) is 9.47 Å². The van der Waals surface area contributed by atoms with E-state index in [1.165, 1.54) is 0 Å². The summed E-state index contributed by atoms with van der Waals surface area (Å²) in [7, 11) is 0. The zero-order valence-electron chi connectivity index (χ0n) is 15.2. The summed E-state index contributed by atoms with van der Waals surface area (Å²) in [4.78, 5) is 22.6. The summed E-state index contributed by atoms with van der Waals surface area (Å²) in [6, 6.07) is 0. The second kappa shape index (κ2) is 15.9. The van der Waals surface area contributed by atoms with Crippen LogP contribution >= 0.6 is 0 Å². The Morgan fingerprint density at radius 3 is 2.22 bits per heavy atom. The summed E-state index contributed by atoms with van der Waals surface area (Å²) >= 11 is 0. The highest BCUT2D eigenvalue weighted by molar-refractivity contribution is 5.79. The lowest BCUT2D eigenvalue weighted by molar-refractivity contribution is -0.121.